The van der Waals surface area contributed by atoms with E-state index in [-0.39, 0.29) is 16.5 Å². The van der Waals surface area contributed by atoms with E-state index in [0.29, 0.717) is 33.7 Å². The van der Waals surface area contributed by atoms with Gasteiger partial charge in [0.15, 0.2) is 5.13 Å². The number of aryl methyl sites for hydroxylation is 1. The molecule has 1 aliphatic rings. The number of anilines is 1. The first-order valence-electron chi connectivity index (χ1n) is 11.9. The lowest BCUT2D eigenvalue weighted by Crippen LogP contribution is -2.29. The van der Waals surface area contributed by atoms with Gasteiger partial charge in [-0.3, -0.25) is 14.5 Å². The van der Waals surface area contributed by atoms with Crippen LogP contribution in [0.1, 0.15) is 33.1 Å². The molecule has 10 heteroatoms. The number of ketones is 1. The molecule has 0 aliphatic carbocycles. The minimum absolute atomic E-state index is 0.0905. The number of aromatic nitrogens is 1. The number of carbonyl (C=O) groups excluding carboxylic acids is 3. The van der Waals surface area contributed by atoms with Crippen molar-refractivity contribution in [3.63, 3.8) is 0 Å². The molecule has 39 heavy (non-hydrogen) atoms. The van der Waals surface area contributed by atoms with E-state index in [0.717, 1.165) is 10.3 Å². The fraction of sp³-hybridized carbons (Fsp3) is 0.172. The number of carbonyl (C=O) groups is 3. The molecule has 0 radical (unpaired) electrons. The third kappa shape index (κ3) is 4.48. The molecule has 1 saturated heterocycles. The van der Waals surface area contributed by atoms with Crippen molar-refractivity contribution in [2.24, 2.45) is 0 Å². The van der Waals surface area contributed by atoms with Crippen LogP contribution in [0.2, 0.25) is 0 Å². The number of methoxy groups -OCH3 is 3. The van der Waals surface area contributed by atoms with Gasteiger partial charge in [0, 0.05) is 5.56 Å². The number of ether oxygens (including phenoxy) is 3. The summed E-state index contributed by atoms with van der Waals surface area (Å²) in [5.74, 6) is -1.28. The fourth-order valence-corrected chi connectivity index (χ4v) is 5.59. The Morgan fingerprint density at radius 2 is 1.67 bits per heavy atom. The van der Waals surface area contributed by atoms with E-state index in [2.05, 4.69) is 4.98 Å². The zero-order valence-electron chi connectivity index (χ0n) is 21.6. The number of nitrogens with zero attached hydrogens (tertiary/aromatic N) is 2. The van der Waals surface area contributed by atoms with Crippen LogP contribution >= 0.6 is 11.3 Å². The molecular weight excluding hydrogens is 520 g/mol. The summed E-state index contributed by atoms with van der Waals surface area (Å²) in [5, 5.41) is 11.7. The number of thiazole rings is 1. The van der Waals surface area contributed by atoms with E-state index in [1.54, 1.807) is 74.9 Å². The average molecular weight is 545 g/mol. The number of Topliss-reactive ketones (excluding diaryl/α,β-unsaturated/α-hetero) is 1. The van der Waals surface area contributed by atoms with E-state index in [1.807, 2.05) is 6.92 Å². The predicted octanol–water partition coefficient (Wildman–Crippen LogP) is 5.03. The number of benzene rings is 3. The van der Waals surface area contributed by atoms with E-state index in [9.17, 15) is 19.5 Å². The van der Waals surface area contributed by atoms with Gasteiger partial charge in [-0.15, -0.1) is 0 Å². The second-order valence-corrected chi connectivity index (χ2v) is 9.81. The Balaban J connectivity index is 1.70. The molecule has 0 spiro atoms. The summed E-state index contributed by atoms with van der Waals surface area (Å²) < 4.78 is 16.2. The van der Waals surface area contributed by atoms with Gasteiger partial charge in [0.1, 0.15) is 17.3 Å². The summed E-state index contributed by atoms with van der Waals surface area (Å²) in [6, 6.07) is 15.6. The number of amides is 1. The third-order valence-corrected chi connectivity index (χ3v) is 7.57. The highest BCUT2D eigenvalue weighted by Gasteiger charge is 2.48. The van der Waals surface area contributed by atoms with Crippen molar-refractivity contribution in [2.45, 2.75) is 13.0 Å². The smallest absolute Gasteiger partial charge is 0.337 e. The molecule has 1 aromatic heterocycles. The highest BCUT2D eigenvalue weighted by atomic mass is 32.1. The lowest BCUT2D eigenvalue weighted by Gasteiger charge is -2.23. The van der Waals surface area contributed by atoms with Crippen molar-refractivity contribution in [1.82, 2.24) is 4.98 Å². The highest BCUT2D eigenvalue weighted by Crippen LogP contribution is 2.45. The van der Waals surface area contributed by atoms with E-state index in [1.165, 1.54) is 23.3 Å². The molecule has 1 aliphatic heterocycles. The molecule has 1 atom stereocenters. The first-order chi connectivity index (χ1) is 18.8. The predicted molar refractivity (Wildman–Crippen MR) is 146 cm³/mol. The SMILES string of the molecule is COC(=O)c1ccc(C2C(=C(O)c3ccc(OC)c(C)c3)C(=O)C(=O)N2c2nc3ccc(OC)cc3s2)cc1. The normalized spacial score (nSPS) is 16.5. The van der Waals surface area contributed by atoms with E-state index in [4.69, 9.17) is 14.2 Å². The molecule has 1 fully saturated rings. The molecule has 5 rings (SSSR count). The monoisotopic (exact) mass is 544 g/mol. The maximum absolute atomic E-state index is 13.5. The first kappa shape index (κ1) is 25.9. The molecule has 198 valence electrons. The highest BCUT2D eigenvalue weighted by molar-refractivity contribution is 7.22. The molecule has 3 aromatic carbocycles. The maximum atomic E-state index is 13.5. The molecule has 1 unspecified atom stereocenters. The van der Waals surface area contributed by atoms with Gasteiger partial charge in [0.05, 0.1) is 48.7 Å². The number of fused-ring (bicyclic) bond motifs is 1. The summed E-state index contributed by atoms with van der Waals surface area (Å²) in [6.07, 6.45) is 0. The van der Waals surface area contributed by atoms with Crippen molar-refractivity contribution in [2.75, 3.05) is 26.2 Å². The van der Waals surface area contributed by atoms with Crippen LogP contribution in [0.3, 0.4) is 0 Å². The van der Waals surface area contributed by atoms with Gasteiger partial charge in [-0.25, -0.2) is 9.78 Å². The third-order valence-electron chi connectivity index (χ3n) is 6.55. The molecule has 1 N–H and O–H groups in total. The minimum atomic E-state index is -0.999. The van der Waals surface area contributed by atoms with Gasteiger partial charge in [-0.1, -0.05) is 23.5 Å². The van der Waals surface area contributed by atoms with Crippen LogP contribution in [0.25, 0.3) is 16.0 Å². The van der Waals surface area contributed by atoms with Gasteiger partial charge in [0.2, 0.25) is 0 Å². The van der Waals surface area contributed by atoms with Crippen molar-refractivity contribution < 1.29 is 33.7 Å². The Kier molecular flexibility index (Phi) is 6.80. The topological polar surface area (TPSA) is 115 Å². The van der Waals surface area contributed by atoms with Crippen LogP contribution in [-0.4, -0.2) is 49.1 Å². The first-order valence-corrected chi connectivity index (χ1v) is 12.7. The van der Waals surface area contributed by atoms with Crippen LogP contribution in [0.5, 0.6) is 11.5 Å². The zero-order chi connectivity index (χ0) is 27.8. The number of hydrogen-bond donors (Lipinski definition) is 1. The second-order valence-electron chi connectivity index (χ2n) is 8.80. The van der Waals surface area contributed by atoms with Gasteiger partial charge in [0.25, 0.3) is 5.78 Å². The Morgan fingerprint density at radius 1 is 0.949 bits per heavy atom. The number of aliphatic hydroxyl groups excluding tert-OH is 1. The largest absolute Gasteiger partial charge is 0.507 e. The summed E-state index contributed by atoms with van der Waals surface area (Å²) in [7, 11) is 4.38. The molecule has 1 amide bonds. The maximum Gasteiger partial charge on any atom is 0.337 e. The Hall–Kier alpha value is -4.70. The van der Waals surface area contributed by atoms with E-state index >= 15 is 0 Å². The fourth-order valence-electron chi connectivity index (χ4n) is 4.57. The van der Waals surface area contributed by atoms with Crippen LogP contribution in [0.15, 0.2) is 66.2 Å². The summed E-state index contributed by atoms with van der Waals surface area (Å²) in [5.41, 5.74) is 2.45. The Labute approximate surface area is 227 Å². The van der Waals surface area contributed by atoms with Crippen molar-refractivity contribution in [3.05, 3.63) is 88.5 Å². The van der Waals surface area contributed by atoms with Crippen molar-refractivity contribution in [3.8, 4) is 11.5 Å². The number of rotatable bonds is 6. The van der Waals surface area contributed by atoms with Gasteiger partial charge in [-0.05, 0) is 66.6 Å². The van der Waals surface area contributed by atoms with Crippen LogP contribution < -0.4 is 14.4 Å². The molecule has 0 saturated carbocycles. The minimum Gasteiger partial charge on any atom is -0.507 e. The summed E-state index contributed by atoms with van der Waals surface area (Å²) in [6.45, 7) is 1.81. The van der Waals surface area contributed by atoms with Gasteiger partial charge in [-0.2, -0.15) is 0 Å². The Bertz CT molecular complexity index is 1660. The van der Waals surface area contributed by atoms with Crippen LogP contribution in [0, 0.1) is 6.92 Å². The number of hydrogen-bond acceptors (Lipinski definition) is 9. The summed E-state index contributed by atoms with van der Waals surface area (Å²) >= 11 is 1.22. The molecule has 0 bridgehead atoms. The molecule has 2 heterocycles. The van der Waals surface area contributed by atoms with Crippen molar-refractivity contribution >= 4 is 50.1 Å². The van der Waals surface area contributed by atoms with Crippen molar-refractivity contribution in [1.29, 1.82) is 0 Å². The molecule has 4 aromatic rings. The molecular formula is C29H24N2O7S. The standard InChI is InChI=1S/C29H24N2O7S/c1-15-13-18(9-12-21(15)37-3)25(32)23-24(16-5-7-17(8-6-16)28(35)38-4)31(27(34)26(23)33)29-30-20-11-10-19(36-2)14-22(20)39-29/h5-14,24,32H,1-4H3. The summed E-state index contributed by atoms with van der Waals surface area (Å²) in [4.78, 5) is 44.9. The lowest BCUT2D eigenvalue weighted by atomic mass is 9.94. The average Bonchev–Trinajstić information content (AvgIpc) is 3.49. The van der Waals surface area contributed by atoms with Crippen LogP contribution in [0.4, 0.5) is 5.13 Å². The molecule has 9 nitrogen and oxygen atoms in total. The zero-order valence-corrected chi connectivity index (χ0v) is 22.4. The quantitative estimate of drug-likeness (QED) is 0.155. The van der Waals surface area contributed by atoms with E-state index < -0.39 is 23.7 Å². The van der Waals surface area contributed by atoms with Gasteiger partial charge < -0.3 is 19.3 Å². The second kappa shape index (κ2) is 10.2. The van der Waals surface area contributed by atoms with Crippen LogP contribution in [-0.2, 0) is 14.3 Å². The lowest BCUT2D eigenvalue weighted by molar-refractivity contribution is -0.132. The number of esters is 1. The Morgan fingerprint density at radius 3 is 2.31 bits per heavy atom. The van der Waals surface area contributed by atoms with Gasteiger partial charge >= 0.3 is 11.9 Å². The number of aliphatic hydroxyl groups is 1.